The SMILES string of the molecule is C/C=C/COC(CNCC)COC. The van der Waals surface area contributed by atoms with Crippen molar-refractivity contribution < 1.29 is 9.47 Å². The van der Waals surface area contributed by atoms with Gasteiger partial charge in [-0.05, 0) is 13.5 Å². The third-order valence-corrected chi connectivity index (χ3v) is 1.64. The first kappa shape index (κ1) is 12.6. The number of ether oxygens (including phenoxy) is 2. The molecule has 0 radical (unpaired) electrons. The molecule has 78 valence electrons. The molecule has 0 aromatic heterocycles. The van der Waals surface area contributed by atoms with Crippen molar-refractivity contribution in [1.29, 1.82) is 0 Å². The van der Waals surface area contributed by atoms with Crippen LogP contribution in [0.5, 0.6) is 0 Å². The molecule has 3 nitrogen and oxygen atoms in total. The Morgan fingerprint density at radius 3 is 2.77 bits per heavy atom. The molecule has 0 bridgehead atoms. The van der Waals surface area contributed by atoms with E-state index in [9.17, 15) is 0 Å². The number of hydrogen-bond acceptors (Lipinski definition) is 3. The molecular weight excluding hydrogens is 166 g/mol. The van der Waals surface area contributed by atoms with Crippen LogP contribution in [0.15, 0.2) is 12.2 Å². The second-order valence-electron chi connectivity index (χ2n) is 2.79. The molecule has 0 spiro atoms. The minimum Gasteiger partial charge on any atom is -0.382 e. The number of rotatable bonds is 8. The smallest absolute Gasteiger partial charge is 0.0936 e. The van der Waals surface area contributed by atoms with E-state index < -0.39 is 0 Å². The van der Waals surface area contributed by atoms with Crippen molar-refractivity contribution in [2.45, 2.75) is 20.0 Å². The predicted molar refractivity (Wildman–Crippen MR) is 55.0 cm³/mol. The summed E-state index contributed by atoms with van der Waals surface area (Å²) in [7, 11) is 1.69. The van der Waals surface area contributed by atoms with Gasteiger partial charge in [0.15, 0.2) is 0 Å². The van der Waals surface area contributed by atoms with E-state index in [0.717, 1.165) is 13.1 Å². The zero-order valence-electron chi connectivity index (χ0n) is 8.88. The van der Waals surface area contributed by atoms with Crippen LogP contribution in [0.2, 0.25) is 0 Å². The van der Waals surface area contributed by atoms with Gasteiger partial charge in [-0.25, -0.2) is 0 Å². The van der Waals surface area contributed by atoms with Gasteiger partial charge in [0.2, 0.25) is 0 Å². The molecule has 3 heteroatoms. The number of allylic oxidation sites excluding steroid dienone is 1. The second kappa shape index (κ2) is 9.71. The summed E-state index contributed by atoms with van der Waals surface area (Å²) in [5.74, 6) is 0. The molecule has 1 atom stereocenters. The second-order valence-corrected chi connectivity index (χ2v) is 2.79. The Hall–Kier alpha value is -0.380. The molecule has 0 aromatic carbocycles. The molecule has 0 aromatic rings. The molecule has 0 aliphatic rings. The topological polar surface area (TPSA) is 30.5 Å². The zero-order valence-corrected chi connectivity index (χ0v) is 8.88. The van der Waals surface area contributed by atoms with Gasteiger partial charge in [-0.3, -0.25) is 0 Å². The largest absolute Gasteiger partial charge is 0.382 e. The number of hydrogen-bond donors (Lipinski definition) is 1. The number of likely N-dealkylation sites (N-methyl/N-ethyl adjacent to an activating group) is 1. The monoisotopic (exact) mass is 187 g/mol. The summed E-state index contributed by atoms with van der Waals surface area (Å²) in [6.45, 7) is 7.18. The molecular formula is C10H21NO2. The van der Waals surface area contributed by atoms with Crippen molar-refractivity contribution in [3.63, 3.8) is 0 Å². The van der Waals surface area contributed by atoms with Gasteiger partial charge in [0, 0.05) is 13.7 Å². The van der Waals surface area contributed by atoms with E-state index in [0.29, 0.717) is 13.2 Å². The highest BCUT2D eigenvalue weighted by Gasteiger charge is 2.06. The molecule has 1 N–H and O–H groups in total. The molecule has 0 amide bonds. The van der Waals surface area contributed by atoms with E-state index in [1.54, 1.807) is 7.11 Å². The van der Waals surface area contributed by atoms with Gasteiger partial charge in [0.05, 0.1) is 19.3 Å². The van der Waals surface area contributed by atoms with E-state index in [1.165, 1.54) is 0 Å². The predicted octanol–water partition coefficient (Wildman–Crippen LogP) is 1.20. The average Bonchev–Trinajstić information content (AvgIpc) is 2.14. The normalized spacial score (nSPS) is 13.8. The minimum atomic E-state index is 0.154. The lowest BCUT2D eigenvalue weighted by molar-refractivity contribution is 0.0123. The standard InChI is InChI=1S/C10H21NO2/c1-4-6-7-13-10(9-12-3)8-11-5-2/h4,6,10-11H,5,7-9H2,1-3H3/b6-4+. The lowest BCUT2D eigenvalue weighted by atomic mass is 10.3. The average molecular weight is 187 g/mol. The van der Waals surface area contributed by atoms with Crippen LogP contribution in [0.4, 0.5) is 0 Å². The third kappa shape index (κ3) is 7.96. The molecule has 0 rings (SSSR count). The zero-order chi connectivity index (χ0) is 9.94. The first-order valence-electron chi connectivity index (χ1n) is 4.77. The lowest BCUT2D eigenvalue weighted by Crippen LogP contribution is -2.32. The molecule has 13 heavy (non-hydrogen) atoms. The number of nitrogens with one attached hydrogen (secondary N) is 1. The van der Waals surface area contributed by atoms with E-state index in [2.05, 4.69) is 12.2 Å². The van der Waals surface area contributed by atoms with E-state index in [1.807, 2.05) is 19.1 Å². The Bertz CT molecular complexity index is 126. The molecule has 0 aliphatic heterocycles. The molecule has 0 heterocycles. The van der Waals surface area contributed by atoms with Gasteiger partial charge in [-0.15, -0.1) is 0 Å². The van der Waals surface area contributed by atoms with Gasteiger partial charge in [0.25, 0.3) is 0 Å². The first-order valence-corrected chi connectivity index (χ1v) is 4.77. The van der Waals surface area contributed by atoms with Crippen LogP contribution in [0.3, 0.4) is 0 Å². The highest BCUT2D eigenvalue weighted by atomic mass is 16.5. The Labute approximate surface area is 81.1 Å². The van der Waals surface area contributed by atoms with Crippen LogP contribution >= 0.6 is 0 Å². The van der Waals surface area contributed by atoms with Gasteiger partial charge in [-0.2, -0.15) is 0 Å². The minimum absolute atomic E-state index is 0.154. The van der Waals surface area contributed by atoms with E-state index in [-0.39, 0.29) is 6.10 Å². The fourth-order valence-electron chi connectivity index (χ4n) is 0.945. The summed E-state index contributed by atoms with van der Waals surface area (Å²) in [5.41, 5.74) is 0. The molecule has 1 unspecified atom stereocenters. The summed E-state index contributed by atoms with van der Waals surface area (Å²) in [6, 6.07) is 0. The van der Waals surface area contributed by atoms with Gasteiger partial charge < -0.3 is 14.8 Å². The van der Waals surface area contributed by atoms with Crippen LogP contribution in [0, 0.1) is 0 Å². The molecule has 0 aliphatic carbocycles. The Kier molecular flexibility index (Phi) is 9.42. The number of methoxy groups -OCH3 is 1. The Morgan fingerprint density at radius 1 is 1.46 bits per heavy atom. The maximum absolute atomic E-state index is 5.55. The van der Waals surface area contributed by atoms with Gasteiger partial charge in [0.1, 0.15) is 0 Å². The Morgan fingerprint density at radius 2 is 2.23 bits per heavy atom. The summed E-state index contributed by atoms with van der Waals surface area (Å²) in [5, 5.41) is 3.23. The highest BCUT2D eigenvalue weighted by molar-refractivity contribution is 4.77. The molecule has 0 fully saturated rings. The third-order valence-electron chi connectivity index (χ3n) is 1.64. The van der Waals surface area contributed by atoms with Crippen LogP contribution in [0.1, 0.15) is 13.8 Å². The molecule has 0 saturated carbocycles. The molecule has 0 saturated heterocycles. The van der Waals surface area contributed by atoms with Crippen molar-refractivity contribution in [2.24, 2.45) is 0 Å². The van der Waals surface area contributed by atoms with Gasteiger partial charge >= 0.3 is 0 Å². The fourth-order valence-corrected chi connectivity index (χ4v) is 0.945. The fraction of sp³-hybridized carbons (Fsp3) is 0.800. The quantitative estimate of drug-likeness (QED) is 0.579. The highest BCUT2D eigenvalue weighted by Crippen LogP contribution is 1.92. The Balaban J connectivity index is 3.53. The van der Waals surface area contributed by atoms with E-state index >= 15 is 0 Å². The summed E-state index contributed by atoms with van der Waals surface area (Å²) in [4.78, 5) is 0. The van der Waals surface area contributed by atoms with Crippen molar-refractivity contribution in [1.82, 2.24) is 5.32 Å². The van der Waals surface area contributed by atoms with Crippen LogP contribution in [0.25, 0.3) is 0 Å². The van der Waals surface area contributed by atoms with Crippen molar-refractivity contribution in [3.8, 4) is 0 Å². The van der Waals surface area contributed by atoms with Crippen LogP contribution < -0.4 is 5.32 Å². The van der Waals surface area contributed by atoms with Crippen molar-refractivity contribution in [3.05, 3.63) is 12.2 Å². The first-order chi connectivity index (χ1) is 6.35. The van der Waals surface area contributed by atoms with Crippen molar-refractivity contribution in [2.75, 3.05) is 33.4 Å². The van der Waals surface area contributed by atoms with Crippen LogP contribution in [-0.2, 0) is 9.47 Å². The van der Waals surface area contributed by atoms with Gasteiger partial charge in [-0.1, -0.05) is 19.1 Å². The van der Waals surface area contributed by atoms with E-state index in [4.69, 9.17) is 9.47 Å². The summed E-state index contributed by atoms with van der Waals surface area (Å²) >= 11 is 0. The van der Waals surface area contributed by atoms with Crippen LogP contribution in [-0.4, -0.2) is 39.5 Å². The lowest BCUT2D eigenvalue weighted by Gasteiger charge is -2.16. The maximum Gasteiger partial charge on any atom is 0.0936 e. The summed E-state index contributed by atoms with van der Waals surface area (Å²) < 4.78 is 10.6. The maximum atomic E-state index is 5.55. The summed E-state index contributed by atoms with van der Waals surface area (Å²) in [6.07, 6.45) is 4.13. The van der Waals surface area contributed by atoms with Crippen molar-refractivity contribution >= 4 is 0 Å².